The van der Waals surface area contributed by atoms with E-state index in [1.165, 1.54) is 0 Å². The van der Waals surface area contributed by atoms with E-state index >= 15 is 0 Å². The van der Waals surface area contributed by atoms with Crippen LogP contribution in [0.15, 0.2) is 18.2 Å². The molecule has 0 saturated carbocycles. The first-order chi connectivity index (χ1) is 9.37. The number of ether oxygens (including phenoxy) is 1. The van der Waals surface area contributed by atoms with Gasteiger partial charge in [-0.2, -0.15) is 0 Å². The van der Waals surface area contributed by atoms with E-state index in [1.54, 1.807) is 4.90 Å². The molecule has 108 valence electrons. The predicted molar refractivity (Wildman–Crippen MR) is 74.8 cm³/mol. The van der Waals surface area contributed by atoms with E-state index in [0.29, 0.717) is 19.6 Å². The van der Waals surface area contributed by atoms with Crippen LogP contribution in [0, 0.1) is 0 Å². The zero-order chi connectivity index (χ0) is 14.8. The normalized spacial score (nSPS) is 13.8. The standard InChI is InChI=1S/C15H20N2O3/c1-15(2,3)20-14(19)16-7-11-4-5-12-8-17(10-18)9-13(12)6-11/h4-6,10H,7-9H2,1-3H3,(H,16,19). The molecule has 1 N–H and O–H groups in total. The molecule has 2 rings (SSSR count). The fourth-order valence-corrected chi connectivity index (χ4v) is 2.15. The van der Waals surface area contributed by atoms with E-state index in [1.807, 2.05) is 39.0 Å². The summed E-state index contributed by atoms with van der Waals surface area (Å²) in [4.78, 5) is 24.1. The number of benzene rings is 1. The number of nitrogens with one attached hydrogen (secondary N) is 1. The molecule has 5 nitrogen and oxygen atoms in total. The summed E-state index contributed by atoms with van der Waals surface area (Å²) in [5.74, 6) is 0. The Bertz CT molecular complexity index is 520. The van der Waals surface area contributed by atoms with Gasteiger partial charge in [0, 0.05) is 19.6 Å². The zero-order valence-corrected chi connectivity index (χ0v) is 12.1. The highest BCUT2D eigenvalue weighted by Gasteiger charge is 2.18. The number of nitrogens with zero attached hydrogens (tertiary/aromatic N) is 1. The highest BCUT2D eigenvalue weighted by atomic mass is 16.6. The number of carbonyl (C=O) groups excluding carboxylic acids is 2. The number of alkyl carbamates (subject to hydrolysis) is 1. The summed E-state index contributed by atoms with van der Waals surface area (Å²) in [7, 11) is 0. The Morgan fingerprint density at radius 2 is 2.05 bits per heavy atom. The van der Waals surface area contributed by atoms with E-state index in [0.717, 1.165) is 23.1 Å². The molecule has 5 heteroatoms. The molecule has 1 aromatic carbocycles. The lowest BCUT2D eigenvalue weighted by Crippen LogP contribution is -2.32. The van der Waals surface area contributed by atoms with Crippen LogP contribution in [-0.4, -0.2) is 23.0 Å². The molecule has 0 radical (unpaired) electrons. The maximum Gasteiger partial charge on any atom is 0.407 e. The fraction of sp³-hybridized carbons (Fsp3) is 0.467. The van der Waals surface area contributed by atoms with Gasteiger partial charge in [-0.25, -0.2) is 4.79 Å². The van der Waals surface area contributed by atoms with Crippen molar-refractivity contribution in [2.75, 3.05) is 0 Å². The van der Waals surface area contributed by atoms with Gasteiger partial charge in [-0.3, -0.25) is 4.79 Å². The second-order valence-electron chi connectivity index (χ2n) is 5.97. The lowest BCUT2D eigenvalue weighted by molar-refractivity contribution is -0.118. The first-order valence-electron chi connectivity index (χ1n) is 6.64. The third-order valence-electron chi connectivity index (χ3n) is 3.00. The summed E-state index contributed by atoms with van der Waals surface area (Å²) in [6.45, 7) is 7.21. The lowest BCUT2D eigenvalue weighted by Gasteiger charge is -2.19. The molecule has 1 aromatic rings. The smallest absolute Gasteiger partial charge is 0.407 e. The Balaban J connectivity index is 1.92. The van der Waals surface area contributed by atoms with Gasteiger partial charge in [-0.05, 0) is 37.5 Å². The van der Waals surface area contributed by atoms with Crippen molar-refractivity contribution in [2.45, 2.75) is 46.0 Å². The molecule has 0 spiro atoms. The molecule has 0 atom stereocenters. The monoisotopic (exact) mass is 276 g/mol. The van der Waals surface area contributed by atoms with Crippen LogP contribution in [-0.2, 0) is 29.2 Å². The van der Waals surface area contributed by atoms with Crippen LogP contribution < -0.4 is 5.32 Å². The number of amides is 2. The van der Waals surface area contributed by atoms with Gasteiger partial charge in [0.25, 0.3) is 0 Å². The van der Waals surface area contributed by atoms with Crippen molar-refractivity contribution in [3.8, 4) is 0 Å². The lowest BCUT2D eigenvalue weighted by atomic mass is 10.1. The van der Waals surface area contributed by atoms with Crippen molar-refractivity contribution in [3.05, 3.63) is 34.9 Å². The predicted octanol–water partition coefficient (Wildman–Crippen LogP) is 2.18. The molecule has 20 heavy (non-hydrogen) atoms. The molecule has 1 aliphatic rings. The molecule has 0 saturated heterocycles. The van der Waals surface area contributed by atoms with Crippen molar-refractivity contribution >= 4 is 12.5 Å². The summed E-state index contributed by atoms with van der Waals surface area (Å²) < 4.78 is 5.18. The highest BCUT2D eigenvalue weighted by Crippen LogP contribution is 2.22. The maximum atomic E-state index is 11.6. The Morgan fingerprint density at radius 1 is 1.35 bits per heavy atom. The zero-order valence-electron chi connectivity index (χ0n) is 12.1. The quantitative estimate of drug-likeness (QED) is 0.861. The van der Waals surface area contributed by atoms with E-state index in [9.17, 15) is 9.59 Å². The van der Waals surface area contributed by atoms with E-state index in [2.05, 4.69) is 5.32 Å². The van der Waals surface area contributed by atoms with Crippen molar-refractivity contribution in [1.29, 1.82) is 0 Å². The van der Waals surface area contributed by atoms with Crippen molar-refractivity contribution in [1.82, 2.24) is 10.2 Å². The highest BCUT2D eigenvalue weighted by molar-refractivity contribution is 5.67. The second-order valence-corrected chi connectivity index (χ2v) is 5.97. The molecule has 0 aliphatic carbocycles. The van der Waals surface area contributed by atoms with Gasteiger partial charge >= 0.3 is 6.09 Å². The molecule has 1 heterocycles. The van der Waals surface area contributed by atoms with Gasteiger partial charge in [0.1, 0.15) is 5.60 Å². The van der Waals surface area contributed by atoms with Gasteiger partial charge in [0.05, 0.1) is 0 Å². The van der Waals surface area contributed by atoms with Crippen molar-refractivity contribution < 1.29 is 14.3 Å². The van der Waals surface area contributed by atoms with Gasteiger partial charge in [-0.15, -0.1) is 0 Å². The summed E-state index contributed by atoms with van der Waals surface area (Å²) in [6, 6.07) is 5.99. The molecular formula is C15H20N2O3. The number of rotatable bonds is 3. The summed E-state index contributed by atoms with van der Waals surface area (Å²) in [6.07, 6.45) is 0.436. The molecular weight excluding hydrogens is 256 g/mol. The minimum atomic E-state index is -0.494. The average Bonchev–Trinajstić information content (AvgIpc) is 2.76. The first-order valence-corrected chi connectivity index (χ1v) is 6.64. The Kier molecular flexibility index (Phi) is 3.97. The van der Waals surface area contributed by atoms with Crippen LogP contribution >= 0.6 is 0 Å². The Hall–Kier alpha value is -2.04. The molecule has 0 fully saturated rings. The van der Waals surface area contributed by atoms with Crippen LogP contribution in [0.5, 0.6) is 0 Å². The van der Waals surface area contributed by atoms with E-state index in [-0.39, 0.29) is 0 Å². The number of fused-ring (bicyclic) bond motifs is 1. The summed E-state index contributed by atoms with van der Waals surface area (Å²) >= 11 is 0. The first kappa shape index (κ1) is 14.4. The van der Waals surface area contributed by atoms with Crippen molar-refractivity contribution in [2.24, 2.45) is 0 Å². The van der Waals surface area contributed by atoms with Gasteiger partial charge < -0.3 is 15.0 Å². The third kappa shape index (κ3) is 3.73. The van der Waals surface area contributed by atoms with Crippen molar-refractivity contribution in [3.63, 3.8) is 0 Å². The van der Waals surface area contributed by atoms with Gasteiger partial charge in [0.15, 0.2) is 0 Å². The minimum absolute atomic E-state index is 0.420. The molecule has 2 amide bonds. The number of hydrogen-bond donors (Lipinski definition) is 1. The van der Waals surface area contributed by atoms with Gasteiger partial charge in [0.2, 0.25) is 6.41 Å². The minimum Gasteiger partial charge on any atom is -0.444 e. The van der Waals surface area contributed by atoms with E-state index in [4.69, 9.17) is 4.74 Å². The van der Waals surface area contributed by atoms with Crippen LogP contribution in [0.1, 0.15) is 37.5 Å². The summed E-state index contributed by atoms with van der Waals surface area (Å²) in [5.41, 5.74) is 2.81. The molecule has 0 aromatic heterocycles. The molecule has 1 aliphatic heterocycles. The fourth-order valence-electron chi connectivity index (χ4n) is 2.15. The Morgan fingerprint density at radius 3 is 2.70 bits per heavy atom. The SMILES string of the molecule is CC(C)(C)OC(=O)NCc1ccc2c(c1)CN(C=O)C2. The topological polar surface area (TPSA) is 58.6 Å². The largest absolute Gasteiger partial charge is 0.444 e. The van der Waals surface area contributed by atoms with Crippen LogP contribution in [0.3, 0.4) is 0 Å². The van der Waals surface area contributed by atoms with E-state index < -0.39 is 11.7 Å². The number of carbonyl (C=O) groups is 2. The summed E-state index contributed by atoms with van der Waals surface area (Å²) in [5, 5.41) is 2.73. The molecule has 0 bridgehead atoms. The average molecular weight is 276 g/mol. The van der Waals surface area contributed by atoms with Gasteiger partial charge in [-0.1, -0.05) is 18.2 Å². The third-order valence-corrected chi connectivity index (χ3v) is 3.00. The second kappa shape index (κ2) is 5.53. The maximum absolute atomic E-state index is 11.6. The van der Waals surface area contributed by atoms with Crippen LogP contribution in [0.25, 0.3) is 0 Å². The van der Waals surface area contributed by atoms with Crippen LogP contribution in [0.2, 0.25) is 0 Å². The van der Waals surface area contributed by atoms with Crippen LogP contribution in [0.4, 0.5) is 4.79 Å². The molecule has 0 unspecified atom stereocenters. The Labute approximate surface area is 118 Å². The number of hydrogen-bond acceptors (Lipinski definition) is 3.